The molecule has 4 aromatic rings. The fourth-order valence-electron chi connectivity index (χ4n) is 3.95. The highest BCUT2D eigenvalue weighted by molar-refractivity contribution is 7.91. The van der Waals surface area contributed by atoms with E-state index in [-0.39, 0.29) is 17.5 Å². The summed E-state index contributed by atoms with van der Waals surface area (Å²) in [4.78, 5) is 12.8. The van der Waals surface area contributed by atoms with Crippen LogP contribution in [0.5, 0.6) is 0 Å². The maximum atomic E-state index is 11.9. The molecule has 1 unspecified atom stereocenters. The third-order valence-corrected chi connectivity index (χ3v) is 6.97. The zero-order valence-corrected chi connectivity index (χ0v) is 15.9. The zero-order chi connectivity index (χ0) is 18.8. The molecule has 5 rings (SSSR count). The molecule has 1 N–H and O–H groups in total. The summed E-state index contributed by atoms with van der Waals surface area (Å²) in [6, 6.07) is 9.70. The highest BCUT2D eigenvalue weighted by Gasteiger charge is 2.31. The minimum Gasteiger partial charge on any atom is -0.337 e. The van der Waals surface area contributed by atoms with Crippen LogP contribution >= 0.6 is 0 Å². The first-order chi connectivity index (χ1) is 12.9. The van der Waals surface area contributed by atoms with Crippen molar-refractivity contribution in [2.45, 2.75) is 26.3 Å². The van der Waals surface area contributed by atoms with Gasteiger partial charge in [0.1, 0.15) is 5.69 Å². The molecule has 0 spiro atoms. The summed E-state index contributed by atoms with van der Waals surface area (Å²) in [6.07, 6.45) is 0.578. The number of hydrogen-bond donors (Lipinski definition) is 1. The Morgan fingerprint density at radius 1 is 1.19 bits per heavy atom. The molecule has 0 saturated carbocycles. The van der Waals surface area contributed by atoms with Gasteiger partial charge in [-0.25, -0.2) is 23.1 Å². The van der Waals surface area contributed by atoms with Crippen molar-refractivity contribution in [2.24, 2.45) is 0 Å². The van der Waals surface area contributed by atoms with Crippen LogP contribution in [0.4, 0.5) is 0 Å². The number of hydrogen-bond acceptors (Lipinski definition) is 5. The summed E-state index contributed by atoms with van der Waals surface area (Å²) in [5.74, 6) is 1.03. The number of nitrogens with one attached hydrogen (secondary N) is 1. The minimum atomic E-state index is -3.00. The van der Waals surface area contributed by atoms with E-state index in [2.05, 4.69) is 15.1 Å². The van der Waals surface area contributed by atoms with Gasteiger partial charge < -0.3 is 4.98 Å². The van der Waals surface area contributed by atoms with E-state index < -0.39 is 9.84 Å². The van der Waals surface area contributed by atoms with Gasteiger partial charge in [0, 0.05) is 5.39 Å². The molecule has 1 atom stereocenters. The molecule has 0 aliphatic carbocycles. The molecule has 0 amide bonds. The molecule has 0 bridgehead atoms. The van der Waals surface area contributed by atoms with Gasteiger partial charge in [-0.3, -0.25) is 0 Å². The van der Waals surface area contributed by atoms with Crippen LogP contribution in [-0.4, -0.2) is 44.7 Å². The lowest BCUT2D eigenvalue weighted by molar-refractivity contribution is 0.509. The van der Waals surface area contributed by atoms with E-state index in [0.717, 1.165) is 39.0 Å². The number of benzene rings is 1. The largest absolute Gasteiger partial charge is 0.337 e. The Labute approximate surface area is 156 Å². The maximum absolute atomic E-state index is 11.9. The summed E-state index contributed by atoms with van der Waals surface area (Å²) < 4.78 is 25.7. The third kappa shape index (κ3) is 2.63. The van der Waals surface area contributed by atoms with E-state index in [9.17, 15) is 8.42 Å². The van der Waals surface area contributed by atoms with E-state index >= 15 is 0 Å². The topological polar surface area (TPSA) is 93.5 Å². The molecule has 7 nitrogen and oxygen atoms in total. The second-order valence-corrected chi connectivity index (χ2v) is 9.44. The third-order valence-electron chi connectivity index (χ3n) is 5.22. The number of pyridine rings is 1. The zero-order valence-electron chi connectivity index (χ0n) is 15.1. The first kappa shape index (κ1) is 16.4. The second-order valence-electron chi connectivity index (χ2n) is 7.21. The van der Waals surface area contributed by atoms with Crippen molar-refractivity contribution in [1.29, 1.82) is 0 Å². The van der Waals surface area contributed by atoms with Crippen LogP contribution < -0.4 is 0 Å². The highest BCUT2D eigenvalue weighted by atomic mass is 32.2. The van der Waals surface area contributed by atoms with Gasteiger partial charge in [0.15, 0.2) is 21.3 Å². The van der Waals surface area contributed by atoms with Crippen LogP contribution in [0.3, 0.4) is 0 Å². The van der Waals surface area contributed by atoms with Gasteiger partial charge in [-0.1, -0.05) is 12.1 Å². The lowest BCUT2D eigenvalue weighted by atomic mass is 10.1. The predicted molar refractivity (Wildman–Crippen MR) is 104 cm³/mol. The summed E-state index contributed by atoms with van der Waals surface area (Å²) in [5, 5.41) is 5.62. The van der Waals surface area contributed by atoms with Crippen molar-refractivity contribution in [2.75, 3.05) is 11.5 Å². The molecule has 1 aromatic carbocycles. The molecule has 4 heterocycles. The van der Waals surface area contributed by atoms with Crippen molar-refractivity contribution in [3.8, 4) is 11.5 Å². The number of rotatable bonds is 2. The van der Waals surface area contributed by atoms with Crippen molar-refractivity contribution < 1.29 is 8.42 Å². The lowest BCUT2D eigenvalue weighted by Gasteiger charge is -2.10. The quantitative estimate of drug-likeness (QED) is 0.576. The minimum absolute atomic E-state index is 0.124. The average molecular weight is 381 g/mol. The fourth-order valence-corrected chi connectivity index (χ4v) is 5.64. The molecular weight excluding hydrogens is 362 g/mol. The van der Waals surface area contributed by atoms with Gasteiger partial charge in [-0.2, -0.15) is 5.10 Å². The van der Waals surface area contributed by atoms with E-state index in [0.29, 0.717) is 12.2 Å². The Balaban J connectivity index is 1.70. The van der Waals surface area contributed by atoms with Crippen LogP contribution in [0.15, 0.2) is 30.3 Å². The number of imidazole rings is 1. The molecular formula is C19H19N5O2S. The van der Waals surface area contributed by atoms with Gasteiger partial charge in [-0.15, -0.1) is 0 Å². The number of aromatic nitrogens is 5. The first-order valence-corrected chi connectivity index (χ1v) is 10.8. The lowest BCUT2D eigenvalue weighted by Crippen LogP contribution is -2.13. The number of para-hydroxylation sites is 2. The average Bonchev–Trinajstić information content (AvgIpc) is 3.29. The molecule has 1 aliphatic heterocycles. The van der Waals surface area contributed by atoms with Gasteiger partial charge in [0.2, 0.25) is 0 Å². The molecule has 8 heteroatoms. The summed E-state index contributed by atoms with van der Waals surface area (Å²) >= 11 is 0. The van der Waals surface area contributed by atoms with E-state index in [1.54, 1.807) is 4.68 Å². The van der Waals surface area contributed by atoms with Crippen LogP contribution in [0.2, 0.25) is 0 Å². The van der Waals surface area contributed by atoms with Crippen molar-refractivity contribution in [3.63, 3.8) is 0 Å². The van der Waals surface area contributed by atoms with E-state index in [4.69, 9.17) is 4.98 Å². The summed E-state index contributed by atoms with van der Waals surface area (Å²) in [5.41, 5.74) is 5.23. The maximum Gasteiger partial charge on any atom is 0.159 e. The number of H-pyrrole nitrogens is 1. The Bertz CT molecular complexity index is 1270. The Morgan fingerprint density at radius 2 is 2.00 bits per heavy atom. The molecule has 1 aliphatic rings. The number of aryl methyl sites for hydroxylation is 2. The SMILES string of the molecule is Cc1cc(-c2nc3ccccc3[nH]2)nc2c1c(C)nn2C1CCS(=O)(=O)C1. The van der Waals surface area contributed by atoms with Crippen LogP contribution in [-0.2, 0) is 9.84 Å². The summed E-state index contributed by atoms with van der Waals surface area (Å²) in [7, 11) is -3.00. The summed E-state index contributed by atoms with van der Waals surface area (Å²) in [6.45, 7) is 3.97. The normalized spacial score (nSPS) is 19.3. The number of aromatic amines is 1. The number of nitrogens with zero attached hydrogens (tertiary/aromatic N) is 4. The molecule has 3 aromatic heterocycles. The first-order valence-electron chi connectivity index (χ1n) is 8.93. The van der Waals surface area contributed by atoms with Crippen LogP contribution in [0.1, 0.15) is 23.7 Å². The molecule has 27 heavy (non-hydrogen) atoms. The fraction of sp³-hybridized carbons (Fsp3) is 0.316. The van der Waals surface area contributed by atoms with Crippen LogP contribution in [0.25, 0.3) is 33.6 Å². The number of fused-ring (bicyclic) bond motifs is 2. The molecule has 138 valence electrons. The number of sulfone groups is 1. The predicted octanol–water partition coefficient (Wildman–Crippen LogP) is 2.95. The van der Waals surface area contributed by atoms with E-state index in [1.807, 2.05) is 44.2 Å². The Kier molecular flexibility index (Phi) is 3.42. The molecule has 1 saturated heterocycles. The van der Waals surface area contributed by atoms with E-state index in [1.165, 1.54) is 0 Å². The van der Waals surface area contributed by atoms with Crippen molar-refractivity contribution in [3.05, 3.63) is 41.6 Å². The standard InChI is InChI=1S/C19H19N5O2S/c1-11-9-16(18-20-14-5-3-4-6-15(14)21-18)22-19-17(11)12(2)23-24(19)13-7-8-27(25,26)10-13/h3-6,9,13H,7-8,10H2,1-2H3,(H,20,21). The second kappa shape index (κ2) is 5.63. The van der Waals surface area contributed by atoms with Gasteiger partial charge >= 0.3 is 0 Å². The molecule has 0 radical (unpaired) electrons. The van der Waals surface area contributed by atoms with Crippen molar-refractivity contribution in [1.82, 2.24) is 24.7 Å². The van der Waals surface area contributed by atoms with Gasteiger partial charge in [0.25, 0.3) is 0 Å². The highest BCUT2D eigenvalue weighted by Crippen LogP contribution is 2.31. The van der Waals surface area contributed by atoms with Crippen LogP contribution in [0, 0.1) is 13.8 Å². The Morgan fingerprint density at radius 3 is 2.74 bits per heavy atom. The smallest absolute Gasteiger partial charge is 0.159 e. The monoisotopic (exact) mass is 381 g/mol. The van der Waals surface area contributed by atoms with Gasteiger partial charge in [0.05, 0.1) is 34.3 Å². The van der Waals surface area contributed by atoms with Crippen molar-refractivity contribution >= 4 is 31.9 Å². The Hall–Kier alpha value is -2.74. The van der Waals surface area contributed by atoms with Gasteiger partial charge in [-0.05, 0) is 44.0 Å². The molecule has 1 fully saturated rings.